The zero-order valence-electron chi connectivity index (χ0n) is 16.1. The standard InChI is InChI=1S/C18H23F3N4O4/c1-3-29-18(28)25-8-6-24(7-9-25)11(2)17(27)22-10-14(26)23-13-5-4-12(19)15(20)16(13)21/h4-5,11H,3,6-10H2,1-2H3,(H,22,27)(H,23,26)/t11-/m0/s1. The van der Waals surface area contributed by atoms with Crippen LogP contribution in [0.15, 0.2) is 12.1 Å². The average Bonchev–Trinajstić information content (AvgIpc) is 2.72. The summed E-state index contributed by atoms with van der Waals surface area (Å²) in [6.07, 6.45) is -0.398. The molecule has 0 aromatic heterocycles. The molecule has 1 aromatic rings. The second-order valence-electron chi connectivity index (χ2n) is 6.39. The van der Waals surface area contributed by atoms with Gasteiger partial charge < -0.3 is 20.3 Å². The number of rotatable bonds is 6. The second kappa shape index (κ2) is 10.1. The van der Waals surface area contributed by atoms with Crippen molar-refractivity contribution in [3.05, 3.63) is 29.6 Å². The Bertz CT molecular complexity index is 770. The minimum absolute atomic E-state index is 0.286. The number of nitrogens with one attached hydrogen (secondary N) is 2. The summed E-state index contributed by atoms with van der Waals surface area (Å²) in [6.45, 7) is 4.93. The van der Waals surface area contributed by atoms with Crippen molar-refractivity contribution >= 4 is 23.6 Å². The van der Waals surface area contributed by atoms with E-state index in [1.54, 1.807) is 18.7 Å². The first kappa shape index (κ1) is 22.5. The number of ether oxygens (including phenoxy) is 1. The molecule has 1 aliphatic heterocycles. The van der Waals surface area contributed by atoms with Crippen LogP contribution < -0.4 is 10.6 Å². The normalized spacial score (nSPS) is 15.6. The van der Waals surface area contributed by atoms with Crippen LogP contribution in [-0.2, 0) is 14.3 Å². The van der Waals surface area contributed by atoms with Crippen molar-refractivity contribution in [3.63, 3.8) is 0 Å². The lowest BCUT2D eigenvalue weighted by Gasteiger charge is -2.36. The van der Waals surface area contributed by atoms with E-state index in [1.165, 1.54) is 0 Å². The minimum atomic E-state index is -1.69. The number of hydrogen-bond donors (Lipinski definition) is 2. The molecule has 1 atom stereocenters. The highest BCUT2D eigenvalue weighted by Crippen LogP contribution is 2.19. The summed E-state index contributed by atoms with van der Waals surface area (Å²) in [4.78, 5) is 39.2. The third kappa shape index (κ3) is 5.83. The van der Waals surface area contributed by atoms with Crippen molar-refractivity contribution in [3.8, 4) is 0 Å². The predicted octanol–water partition coefficient (Wildman–Crippen LogP) is 1.32. The predicted molar refractivity (Wildman–Crippen MR) is 97.6 cm³/mol. The summed E-state index contributed by atoms with van der Waals surface area (Å²) in [6, 6.07) is 1.01. The van der Waals surface area contributed by atoms with Gasteiger partial charge in [0, 0.05) is 26.2 Å². The molecule has 11 heteroatoms. The van der Waals surface area contributed by atoms with Crippen LogP contribution in [0.25, 0.3) is 0 Å². The lowest BCUT2D eigenvalue weighted by molar-refractivity contribution is -0.128. The molecule has 29 heavy (non-hydrogen) atoms. The third-order valence-electron chi connectivity index (χ3n) is 4.50. The first-order valence-corrected chi connectivity index (χ1v) is 9.11. The smallest absolute Gasteiger partial charge is 0.409 e. The van der Waals surface area contributed by atoms with E-state index >= 15 is 0 Å². The van der Waals surface area contributed by atoms with Crippen LogP contribution in [0, 0.1) is 17.5 Å². The molecule has 0 unspecified atom stereocenters. The third-order valence-corrected chi connectivity index (χ3v) is 4.50. The number of amides is 3. The van der Waals surface area contributed by atoms with E-state index in [0.717, 1.165) is 6.07 Å². The summed E-state index contributed by atoms with van der Waals surface area (Å²) in [5, 5.41) is 4.49. The van der Waals surface area contributed by atoms with Gasteiger partial charge in [-0.05, 0) is 26.0 Å². The van der Waals surface area contributed by atoms with Crippen molar-refractivity contribution in [2.24, 2.45) is 0 Å². The summed E-state index contributed by atoms with van der Waals surface area (Å²) < 4.78 is 44.6. The number of benzene rings is 1. The molecule has 0 saturated carbocycles. The molecule has 1 saturated heterocycles. The van der Waals surface area contributed by atoms with Crippen LogP contribution >= 0.6 is 0 Å². The molecule has 0 radical (unpaired) electrons. The number of carbonyl (C=O) groups is 3. The van der Waals surface area contributed by atoms with E-state index in [-0.39, 0.29) is 6.61 Å². The van der Waals surface area contributed by atoms with Gasteiger partial charge in [-0.1, -0.05) is 0 Å². The molecular formula is C18H23F3N4O4. The molecule has 1 aliphatic rings. The molecule has 8 nitrogen and oxygen atoms in total. The van der Waals surface area contributed by atoms with Gasteiger partial charge >= 0.3 is 6.09 Å². The summed E-state index contributed by atoms with van der Waals surface area (Å²) in [7, 11) is 0. The SMILES string of the molecule is CCOC(=O)N1CCN([C@@H](C)C(=O)NCC(=O)Nc2ccc(F)c(F)c2F)CC1. The molecule has 1 fully saturated rings. The number of anilines is 1. The topological polar surface area (TPSA) is 91.0 Å². The molecular weight excluding hydrogens is 393 g/mol. The summed E-state index contributed by atoms with van der Waals surface area (Å²) >= 11 is 0. The van der Waals surface area contributed by atoms with Gasteiger partial charge in [0.1, 0.15) is 0 Å². The van der Waals surface area contributed by atoms with Crippen molar-refractivity contribution in [2.45, 2.75) is 19.9 Å². The van der Waals surface area contributed by atoms with Crippen LogP contribution in [-0.4, -0.2) is 73.1 Å². The van der Waals surface area contributed by atoms with E-state index in [9.17, 15) is 27.6 Å². The summed E-state index contributed by atoms with van der Waals surface area (Å²) in [5.41, 5.74) is -0.522. The molecule has 2 N–H and O–H groups in total. The van der Waals surface area contributed by atoms with Gasteiger partial charge in [-0.15, -0.1) is 0 Å². The Hall–Kier alpha value is -2.82. The molecule has 2 rings (SSSR count). The van der Waals surface area contributed by atoms with E-state index < -0.39 is 53.6 Å². The van der Waals surface area contributed by atoms with Crippen molar-refractivity contribution in [1.82, 2.24) is 15.1 Å². The van der Waals surface area contributed by atoms with Crippen molar-refractivity contribution < 1.29 is 32.3 Å². The molecule has 0 aliphatic carbocycles. The first-order chi connectivity index (χ1) is 13.7. The average molecular weight is 416 g/mol. The Kier molecular flexibility index (Phi) is 7.82. The lowest BCUT2D eigenvalue weighted by atomic mass is 10.2. The zero-order valence-corrected chi connectivity index (χ0v) is 16.1. The Balaban J connectivity index is 1.79. The molecule has 3 amide bonds. The van der Waals surface area contributed by atoms with E-state index in [4.69, 9.17) is 4.74 Å². The maximum absolute atomic E-state index is 13.6. The monoisotopic (exact) mass is 416 g/mol. The largest absolute Gasteiger partial charge is 0.450 e. The van der Waals surface area contributed by atoms with Crippen LogP contribution in [0.3, 0.4) is 0 Å². The number of nitrogens with zero attached hydrogens (tertiary/aromatic N) is 2. The van der Waals surface area contributed by atoms with Gasteiger partial charge in [-0.3, -0.25) is 14.5 Å². The van der Waals surface area contributed by atoms with Gasteiger partial charge in [0.05, 0.1) is 24.9 Å². The number of halogens is 3. The van der Waals surface area contributed by atoms with Crippen LogP contribution in [0.1, 0.15) is 13.8 Å². The highest BCUT2D eigenvalue weighted by molar-refractivity contribution is 5.95. The highest BCUT2D eigenvalue weighted by Gasteiger charge is 2.28. The fourth-order valence-electron chi connectivity index (χ4n) is 2.80. The Morgan fingerprint density at radius 2 is 1.76 bits per heavy atom. The summed E-state index contributed by atoms with van der Waals surface area (Å²) in [5.74, 6) is -5.80. The zero-order chi connectivity index (χ0) is 21.6. The van der Waals surface area contributed by atoms with Gasteiger partial charge in [-0.25, -0.2) is 18.0 Å². The number of hydrogen-bond acceptors (Lipinski definition) is 5. The fourth-order valence-corrected chi connectivity index (χ4v) is 2.80. The molecule has 0 spiro atoms. The van der Waals surface area contributed by atoms with E-state index in [1.807, 2.05) is 4.90 Å². The maximum atomic E-state index is 13.6. The van der Waals surface area contributed by atoms with Gasteiger partial charge in [0.15, 0.2) is 17.5 Å². The second-order valence-corrected chi connectivity index (χ2v) is 6.39. The van der Waals surface area contributed by atoms with Crippen LogP contribution in [0.2, 0.25) is 0 Å². The van der Waals surface area contributed by atoms with Crippen molar-refractivity contribution in [2.75, 3.05) is 44.6 Å². The first-order valence-electron chi connectivity index (χ1n) is 9.11. The number of carbonyl (C=O) groups excluding carboxylic acids is 3. The van der Waals surface area contributed by atoms with E-state index in [0.29, 0.717) is 32.2 Å². The quantitative estimate of drug-likeness (QED) is 0.683. The van der Waals surface area contributed by atoms with Gasteiger partial charge in [-0.2, -0.15) is 0 Å². The van der Waals surface area contributed by atoms with Gasteiger partial charge in [0.25, 0.3) is 0 Å². The maximum Gasteiger partial charge on any atom is 0.409 e. The molecule has 1 aromatic carbocycles. The highest BCUT2D eigenvalue weighted by atomic mass is 19.2. The minimum Gasteiger partial charge on any atom is -0.450 e. The molecule has 1 heterocycles. The molecule has 0 bridgehead atoms. The Labute approximate surface area is 166 Å². The van der Waals surface area contributed by atoms with Crippen LogP contribution in [0.5, 0.6) is 0 Å². The fraction of sp³-hybridized carbons (Fsp3) is 0.500. The molecule has 160 valence electrons. The Morgan fingerprint density at radius 1 is 1.10 bits per heavy atom. The number of piperazine rings is 1. The van der Waals surface area contributed by atoms with Crippen LogP contribution in [0.4, 0.5) is 23.7 Å². The van der Waals surface area contributed by atoms with Gasteiger partial charge in [0.2, 0.25) is 11.8 Å². The Morgan fingerprint density at radius 3 is 2.38 bits per heavy atom. The van der Waals surface area contributed by atoms with Crippen molar-refractivity contribution in [1.29, 1.82) is 0 Å². The van der Waals surface area contributed by atoms with E-state index in [2.05, 4.69) is 10.6 Å². The lowest BCUT2D eigenvalue weighted by Crippen LogP contribution is -2.55.